The van der Waals surface area contributed by atoms with Gasteiger partial charge in [-0.25, -0.2) is 4.79 Å². The second-order valence-electron chi connectivity index (χ2n) is 5.35. The molecule has 5 heteroatoms. The molecule has 0 aromatic rings. The summed E-state index contributed by atoms with van der Waals surface area (Å²) >= 11 is 0. The van der Waals surface area contributed by atoms with Gasteiger partial charge in [-0.1, -0.05) is 6.08 Å². The van der Waals surface area contributed by atoms with Gasteiger partial charge in [0.05, 0.1) is 19.1 Å². The van der Waals surface area contributed by atoms with Crippen LogP contribution >= 0.6 is 0 Å². The van der Waals surface area contributed by atoms with E-state index in [9.17, 15) is 9.59 Å². The Balaban J connectivity index is 1.99. The van der Waals surface area contributed by atoms with Crippen LogP contribution < -0.4 is 0 Å². The van der Waals surface area contributed by atoms with E-state index in [1.54, 1.807) is 6.20 Å². The molecule has 1 heterocycles. The summed E-state index contributed by atoms with van der Waals surface area (Å²) in [5.41, 5.74) is -0.529. The second-order valence-corrected chi connectivity index (χ2v) is 5.35. The zero-order valence-corrected chi connectivity index (χ0v) is 10.5. The summed E-state index contributed by atoms with van der Waals surface area (Å²) in [6.45, 7) is 5.44. The maximum absolute atomic E-state index is 11.9. The van der Waals surface area contributed by atoms with Crippen molar-refractivity contribution < 1.29 is 19.1 Å². The minimum absolute atomic E-state index is 0.0926. The molecule has 3 atom stereocenters. The van der Waals surface area contributed by atoms with Crippen LogP contribution in [-0.4, -0.2) is 35.7 Å². The monoisotopic (exact) mass is 239 g/mol. The van der Waals surface area contributed by atoms with Crippen molar-refractivity contribution in [1.82, 2.24) is 4.90 Å². The molecule has 3 unspecified atom stereocenters. The molecule has 1 aliphatic carbocycles. The summed E-state index contributed by atoms with van der Waals surface area (Å²) in [6.07, 6.45) is 3.13. The summed E-state index contributed by atoms with van der Waals surface area (Å²) in [7, 11) is 1.36. The lowest BCUT2D eigenvalue weighted by molar-refractivity contribution is -0.142. The summed E-state index contributed by atoms with van der Waals surface area (Å²) in [5.74, 6) is -0.398. The van der Waals surface area contributed by atoms with Crippen molar-refractivity contribution in [3.05, 3.63) is 12.3 Å². The number of amides is 1. The Morgan fingerprint density at radius 2 is 1.94 bits per heavy atom. The number of hydrogen-bond acceptors (Lipinski definition) is 4. The fourth-order valence-electron chi connectivity index (χ4n) is 2.13. The summed E-state index contributed by atoms with van der Waals surface area (Å²) in [4.78, 5) is 24.7. The van der Waals surface area contributed by atoms with Gasteiger partial charge in [-0.3, -0.25) is 9.69 Å². The number of fused-ring (bicyclic) bond motifs is 1. The van der Waals surface area contributed by atoms with E-state index < -0.39 is 11.7 Å². The predicted molar refractivity (Wildman–Crippen MR) is 60.0 cm³/mol. The van der Waals surface area contributed by atoms with Crippen molar-refractivity contribution in [2.45, 2.75) is 32.4 Å². The molecule has 94 valence electrons. The molecule has 17 heavy (non-hydrogen) atoms. The van der Waals surface area contributed by atoms with E-state index in [0.717, 1.165) is 0 Å². The van der Waals surface area contributed by atoms with Crippen molar-refractivity contribution in [2.24, 2.45) is 11.8 Å². The molecule has 5 nitrogen and oxygen atoms in total. The summed E-state index contributed by atoms with van der Waals surface area (Å²) in [6, 6.07) is -0.114. The molecule has 1 fully saturated rings. The maximum atomic E-state index is 11.9. The topological polar surface area (TPSA) is 55.8 Å². The third-order valence-corrected chi connectivity index (χ3v) is 2.90. The molecule has 0 radical (unpaired) electrons. The molecule has 0 aromatic carbocycles. The Morgan fingerprint density at radius 3 is 2.47 bits per heavy atom. The predicted octanol–water partition coefficient (Wildman–Crippen LogP) is 1.54. The Bertz CT molecular complexity index is 382. The SMILES string of the molecule is COC(=O)C1C2C=CN(C(=O)OC(C)(C)C)C21. The number of nitrogens with zero attached hydrogens (tertiary/aromatic N) is 1. The third kappa shape index (κ3) is 2.14. The van der Waals surface area contributed by atoms with E-state index in [0.29, 0.717) is 0 Å². The van der Waals surface area contributed by atoms with Crippen molar-refractivity contribution in [3.63, 3.8) is 0 Å². The van der Waals surface area contributed by atoms with Crippen LogP contribution in [0.15, 0.2) is 12.3 Å². The van der Waals surface area contributed by atoms with Crippen LogP contribution in [0.4, 0.5) is 4.79 Å². The maximum Gasteiger partial charge on any atom is 0.414 e. The zero-order chi connectivity index (χ0) is 12.8. The molecular weight excluding hydrogens is 222 g/mol. The van der Waals surface area contributed by atoms with Gasteiger partial charge in [-0.2, -0.15) is 0 Å². The molecule has 2 rings (SSSR count). The molecule has 1 aliphatic heterocycles. The molecule has 0 spiro atoms. The highest BCUT2D eigenvalue weighted by atomic mass is 16.6. The molecule has 0 saturated heterocycles. The standard InChI is InChI=1S/C12H17NO4/c1-12(2,3)17-11(15)13-6-5-7-8(9(7)13)10(14)16-4/h5-9H,1-4H3. The first kappa shape index (κ1) is 12.0. The Hall–Kier alpha value is -1.52. The molecule has 1 amide bonds. The fraction of sp³-hybridized carbons (Fsp3) is 0.667. The lowest BCUT2D eigenvalue weighted by Gasteiger charge is -2.24. The largest absolute Gasteiger partial charge is 0.469 e. The molecule has 0 aromatic heterocycles. The lowest BCUT2D eigenvalue weighted by atomic mass is 10.2. The van der Waals surface area contributed by atoms with Crippen LogP contribution in [0.1, 0.15) is 20.8 Å². The zero-order valence-electron chi connectivity index (χ0n) is 10.5. The first-order valence-electron chi connectivity index (χ1n) is 5.62. The highest BCUT2D eigenvalue weighted by Crippen LogP contribution is 2.49. The highest BCUT2D eigenvalue weighted by molar-refractivity contribution is 5.82. The second kappa shape index (κ2) is 3.75. The van der Waals surface area contributed by atoms with Crippen molar-refractivity contribution in [2.75, 3.05) is 7.11 Å². The third-order valence-electron chi connectivity index (χ3n) is 2.90. The van der Waals surface area contributed by atoms with Gasteiger partial charge in [-0.15, -0.1) is 0 Å². The number of hydrogen-bond donors (Lipinski definition) is 0. The molecular formula is C12H17NO4. The van der Waals surface area contributed by atoms with Crippen molar-refractivity contribution in [1.29, 1.82) is 0 Å². The van der Waals surface area contributed by atoms with Crippen LogP contribution in [0.5, 0.6) is 0 Å². The van der Waals surface area contributed by atoms with Gasteiger partial charge in [0.2, 0.25) is 0 Å². The molecule has 1 saturated carbocycles. The lowest BCUT2D eigenvalue weighted by Crippen LogP contribution is -2.35. The normalized spacial score (nSPS) is 29.9. The average Bonchev–Trinajstić information content (AvgIpc) is 2.74. The number of methoxy groups -OCH3 is 1. The van der Waals surface area contributed by atoms with Gasteiger partial charge in [0.1, 0.15) is 5.60 Å². The average molecular weight is 239 g/mol. The van der Waals surface area contributed by atoms with Gasteiger partial charge in [-0.05, 0) is 20.8 Å². The summed E-state index contributed by atoms with van der Waals surface area (Å²) in [5, 5.41) is 0. The minimum atomic E-state index is -0.529. The Morgan fingerprint density at radius 1 is 1.29 bits per heavy atom. The molecule has 0 N–H and O–H groups in total. The number of carbonyl (C=O) groups is 2. The van der Waals surface area contributed by atoms with Gasteiger partial charge in [0.25, 0.3) is 0 Å². The van der Waals surface area contributed by atoms with Gasteiger partial charge >= 0.3 is 12.1 Å². The number of ether oxygens (including phenoxy) is 2. The van der Waals surface area contributed by atoms with E-state index in [1.165, 1.54) is 12.0 Å². The van der Waals surface area contributed by atoms with Gasteiger partial charge in [0, 0.05) is 12.1 Å². The van der Waals surface area contributed by atoms with E-state index >= 15 is 0 Å². The van der Waals surface area contributed by atoms with E-state index in [2.05, 4.69) is 4.74 Å². The van der Waals surface area contributed by atoms with Crippen LogP contribution in [0.25, 0.3) is 0 Å². The van der Waals surface area contributed by atoms with E-state index in [1.807, 2.05) is 26.8 Å². The van der Waals surface area contributed by atoms with Gasteiger partial charge < -0.3 is 9.47 Å². The van der Waals surface area contributed by atoms with Crippen LogP contribution in [0, 0.1) is 11.8 Å². The van der Waals surface area contributed by atoms with Crippen molar-refractivity contribution >= 4 is 12.1 Å². The number of carbonyl (C=O) groups excluding carboxylic acids is 2. The minimum Gasteiger partial charge on any atom is -0.469 e. The Kier molecular flexibility index (Phi) is 2.64. The summed E-state index contributed by atoms with van der Waals surface area (Å²) < 4.78 is 9.95. The van der Waals surface area contributed by atoms with Gasteiger partial charge in [0.15, 0.2) is 0 Å². The quantitative estimate of drug-likeness (QED) is 0.651. The fourth-order valence-corrected chi connectivity index (χ4v) is 2.13. The molecule has 0 bridgehead atoms. The number of rotatable bonds is 1. The highest BCUT2D eigenvalue weighted by Gasteiger charge is 2.61. The number of esters is 1. The Labute approximate surface area is 100 Å². The van der Waals surface area contributed by atoms with Crippen LogP contribution in [0.3, 0.4) is 0 Å². The van der Waals surface area contributed by atoms with E-state index in [4.69, 9.17) is 4.74 Å². The van der Waals surface area contributed by atoms with E-state index in [-0.39, 0.29) is 23.8 Å². The smallest absolute Gasteiger partial charge is 0.414 e. The first-order valence-corrected chi connectivity index (χ1v) is 5.62. The van der Waals surface area contributed by atoms with Crippen LogP contribution in [0.2, 0.25) is 0 Å². The van der Waals surface area contributed by atoms with Crippen molar-refractivity contribution in [3.8, 4) is 0 Å². The first-order chi connectivity index (χ1) is 7.85. The molecule has 2 aliphatic rings. The van der Waals surface area contributed by atoms with Crippen LogP contribution in [-0.2, 0) is 14.3 Å².